The number of fused-ring (bicyclic) bond motifs is 3. The summed E-state index contributed by atoms with van der Waals surface area (Å²) >= 11 is 0. The second-order valence-corrected chi connectivity index (χ2v) is 7.01. The Morgan fingerprint density at radius 3 is 2.14 bits per heavy atom. The van der Waals surface area contributed by atoms with Crippen LogP contribution in [0.1, 0.15) is 27.2 Å². The number of carbonyl (C=O) groups excluding carboxylic acids is 1. The zero-order valence-corrected chi connectivity index (χ0v) is 15.4. The molecule has 0 radical (unpaired) electrons. The van der Waals surface area contributed by atoms with Crippen LogP contribution >= 0.6 is 0 Å². The van der Waals surface area contributed by atoms with Gasteiger partial charge in [-0.3, -0.25) is 4.79 Å². The molecule has 136 valence electrons. The summed E-state index contributed by atoms with van der Waals surface area (Å²) in [6.07, 6.45) is 0.935. The maximum atomic E-state index is 13.6. The Kier molecular flexibility index (Phi) is 4.06. The molecular weight excluding hydrogens is 344 g/mol. The van der Waals surface area contributed by atoms with Crippen LogP contribution in [0, 0.1) is 0 Å². The van der Waals surface area contributed by atoms with Gasteiger partial charge in [-0.15, -0.1) is 0 Å². The lowest BCUT2D eigenvalue weighted by molar-refractivity contribution is 0.105. The molecule has 1 aliphatic rings. The summed E-state index contributed by atoms with van der Waals surface area (Å²) in [6, 6.07) is 27.8. The summed E-state index contributed by atoms with van der Waals surface area (Å²) in [5.74, 6) is 0.0285. The molecule has 0 fully saturated rings. The van der Waals surface area contributed by atoms with Gasteiger partial charge in [0.25, 0.3) is 0 Å². The van der Waals surface area contributed by atoms with Gasteiger partial charge in [0, 0.05) is 23.0 Å². The maximum absolute atomic E-state index is 13.6. The number of hydrogen-bond acceptors (Lipinski definition) is 2. The van der Waals surface area contributed by atoms with E-state index >= 15 is 0 Å². The van der Waals surface area contributed by atoms with Gasteiger partial charge in [-0.2, -0.15) is 0 Å². The first-order valence-corrected chi connectivity index (χ1v) is 9.56. The summed E-state index contributed by atoms with van der Waals surface area (Å²) in [6.45, 7) is 0.808. The number of allylic oxidation sites excluding steroid dienone is 1. The lowest BCUT2D eigenvalue weighted by Crippen LogP contribution is -2.25. The van der Waals surface area contributed by atoms with Gasteiger partial charge >= 0.3 is 0 Å². The predicted molar refractivity (Wildman–Crippen MR) is 114 cm³/mol. The molecule has 0 saturated carbocycles. The summed E-state index contributed by atoms with van der Waals surface area (Å²) in [4.78, 5) is 17.1. The Balaban J connectivity index is 1.78. The molecule has 5 rings (SSSR count). The fourth-order valence-electron chi connectivity index (χ4n) is 4.02. The second kappa shape index (κ2) is 6.86. The zero-order valence-electron chi connectivity index (χ0n) is 15.4. The summed E-state index contributed by atoms with van der Waals surface area (Å²) in [5.41, 5.74) is 6.61. The minimum Gasteiger partial charge on any atom is -0.382 e. The van der Waals surface area contributed by atoms with E-state index in [1.165, 1.54) is 10.9 Å². The van der Waals surface area contributed by atoms with Crippen molar-refractivity contribution in [2.75, 3.05) is 6.54 Å². The van der Waals surface area contributed by atoms with Crippen LogP contribution in [0.4, 0.5) is 0 Å². The van der Waals surface area contributed by atoms with Crippen LogP contribution in [-0.2, 0) is 6.42 Å². The van der Waals surface area contributed by atoms with Crippen LogP contribution < -0.4 is 5.32 Å². The molecule has 0 bridgehead atoms. The molecule has 2 heterocycles. The molecule has 0 aliphatic carbocycles. The number of H-pyrrole nitrogens is 1. The Morgan fingerprint density at radius 1 is 0.750 bits per heavy atom. The van der Waals surface area contributed by atoms with Gasteiger partial charge in [0.1, 0.15) is 0 Å². The van der Waals surface area contributed by atoms with E-state index in [0.29, 0.717) is 11.1 Å². The molecule has 3 heteroatoms. The number of aromatic nitrogens is 1. The largest absolute Gasteiger partial charge is 0.382 e. The molecule has 1 aromatic heterocycles. The number of carbonyl (C=O) groups is 1. The van der Waals surface area contributed by atoms with Gasteiger partial charge < -0.3 is 10.3 Å². The first-order chi connectivity index (χ1) is 13.8. The van der Waals surface area contributed by atoms with E-state index < -0.39 is 0 Å². The number of nitrogens with one attached hydrogen (secondary N) is 2. The average molecular weight is 364 g/mol. The number of rotatable bonds is 3. The molecule has 4 aromatic rings. The third-order valence-electron chi connectivity index (χ3n) is 5.32. The third kappa shape index (κ3) is 2.72. The van der Waals surface area contributed by atoms with Crippen LogP contribution in [0.15, 0.2) is 84.9 Å². The highest BCUT2D eigenvalue weighted by atomic mass is 16.1. The van der Waals surface area contributed by atoms with Crippen molar-refractivity contribution < 1.29 is 4.79 Å². The second-order valence-electron chi connectivity index (χ2n) is 7.01. The van der Waals surface area contributed by atoms with Gasteiger partial charge in [-0.25, -0.2) is 0 Å². The molecule has 3 aromatic carbocycles. The van der Waals surface area contributed by atoms with Gasteiger partial charge in [0.05, 0.1) is 17.0 Å². The van der Waals surface area contributed by atoms with E-state index in [9.17, 15) is 4.79 Å². The fraction of sp³-hybridized carbons (Fsp3) is 0.0800. The average Bonchev–Trinajstić information content (AvgIpc) is 3.15. The maximum Gasteiger partial charge on any atom is 0.195 e. The molecule has 2 N–H and O–H groups in total. The van der Waals surface area contributed by atoms with E-state index in [-0.39, 0.29) is 5.78 Å². The number of benzene rings is 3. The van der Waals surface area contributed by atoms with E-state index in [4.69, 9.17) is 0 Å². The predicted octanol–water partition coefficient (Wildman–Crippen LogP) is 5.06. The minimum atomic E-state index is 0.0285. The van der Waals surface area contributed by atoms with Crippen LogP contribution in [-0.4, -0.2) is 17.3 Å². The van der Waals surface area contributed by atoms with Gasteiger partial charge in [-0.1, -0.05) is 78.9 Å². The smallest absolute Gasteiger partial charge is 0.195 e. The van der Waals surface area contributed by atoms with Crippen molar-refractivity contribution in [1.29, 1.82) is 0 Å². The topological polar surface area (TPSA) is 44.9 Å². The molecule has 0 spiro atoms. The normalized spacial score (nSPS) is 15.0. The molecule has 0 unspecified atom stereocenters. The zero-order chi connectivity index (χ0) is 18.9. The van der Waals surface area contributed by atoms with Crippen LogP contribution in [0.2, 0.25) is 0 Å². The fourth-order valence-corrected chi connectivity index (χ4v) is 4.02. The quantitative estimate of drug-likeness (QED) is 0.394. The minimum absolute atomic E-state index is 0.0285. The van der Waals surface area contributed by atoms with E-state index in [1.54, 1.807) is 0 Å². The first kappa shape index (κ1) is 16.6. The number of aromatic amines is 1. The van der Waals surface area contributed by atoms with Crippen molar-refractivity contribution in [1.82, 2.24) is 10.3 Å². The van der Waals surface area contributed by atoms with Crippen molar-refractivity contribution in [2.45, 2.75) is 6.42 Å². The molecule has 3 nitrogen and oxygen atoms in total. The highest BCUT2D eigenvalue weighted by Gasteiger charge is 2.26. The SMILES string of the molecule is O=C(/C(=C1\NCCc2c1[nH]c1ccccc21)c1ccccc1)c1ccccc1. The molecular formula is C25H20N2O. The molecule has 28 heavy (non-hydrogen) atoms. The monoisotopic (exact) mass is 364 g/mol. The van der Waals surface area contributed by atoms with Crippen molar-refractivity contribution in [2.24, 2.45) is 0 Å². The van der Waals surface area contributed by atoms with Crippen molar-refractivity contribution in [3.63, 3.8) is 0 Å². The van der Waals surface area contributed by atoms with E-state index in [1.807, 2.05) is 66.7 Å². The highest BCUT2D eigenvalue weighted by Crippen LogP contribution is 2.35. The Labute approximate surface area is 163 Å². The van der Waals surface area contributed by atoms with Gasteiger partial charge in [-0.05, 0) is 23.6 Å². The Hall–Kier alpha value is -3.59. The Bertz CT molecular complexity index is 1190. The van der Waals surface area contributed by atoms with Crippen LogP contribution in [0.5, 0.6) is 0 Å². The van der Waals surface area contributed by atoms with E-state index in [2.05, 4.69) is 28.5 Å². The van der Waals surface area contributed by atoms with Crippen molar-refractivity contribution in [3.05, 3.63) is 107 Å². The molecule has 0 saturated heterocycles. The summed E-state index contributed by atoms with van der Waals surface area (Å²) in [5, 5.41) is 4.75. The van der Waals surface area contributed by atoms with E-state index in [0.717, 1.165) is 35.4 Å². The number of ketones is 1. The first-order valence-electron chi connectivity index (χ1n) is 9.56. The van der Waals surface area contributed by atoms with Crippen molar-refractivity contribution >= 4 is 28.0 Å². The summed E-state index contributed by atoms with van der Waals surface area (Å²) < 4.78 is 0. The standard InChI is InChI=1S/C25H20N2O/c28-25(18-11-5-2-6-12-18)22(17-9-3-1-4-10-17)24-23-20(15-16-26-24)19-13-7-8-14-21(19)27-23/h1-14,26-27H,15-16H2/b24-22-. The number of Topliss-reactive ketones (excluding diaryl/α,β-unsaturated/α-hetero) is 1. The lowest BCUT2D eigenvalue weighted by atomic mass is 9.91. The molecule has 0 amide bonds. The lowest BCUT2D eigenvalue weighted by Gasteiger charge is -2.22. The summed E-state index contributed by atoms with van der Waals surface area (Å²) in [7, 11) is 0. The highest BCUT2D eigenvalue weighted by molar-refractivity contribution is 6.34. The van der Waals surface area contributed by atoms with Crippen molar-refractivity contribution in [3.8, 4) is 0 Å². The number of hydrogen-bond donors (Lipinski definition) is 2. The van der Waals surface area contributed by atoms with Crippen LogP contribution in [0.25, 0.3) is 22.2 Å². The molecule has 0 atom stereocenters. The van der Waals surface area contributed by atoms with Crippen LogP contribution in [0.3, 0.4) is 0 Å². The van der Waals surface area contributed by atoms with Gasteiger partial charge in [0.15, 0.2) is 5.78 Å². The van der Waals surface area contributed by atoms with Gasteiger partial charge in [0.2, 0.25) is 0 Å². The third-order valence-corrected chi connectivity index (χ3v) is 5.32. The number of para-hydroxylation sites is 1. The molecule has 1 aliphatic heterocycles. The Morgan fingerprint density at radius 2 is 1.39 bits per heavy atom.